The summed E-state index contributed by atoms with van der Waals surface area (Å²) in [6.45, 7) is 9.01. The van der Waals surface area contributed by atoms with Crippen molar-refractivity contribution < 1.29 is 0 Å². The average molecular weight is 835 g/mol. The molecule has 2 aromatic heterocycles. The number of fused-ring (bicyclic) bond motifs is 5. The van der Waals surface area contributed by atoms with Crippen LogP contribution in [0.2, 0.25) is 0 Å². The van der Waals surface area contributed by atoms with Crippen LogP contribution in [-0.2, 0) is 5.66 Å². The molecule has 0 saturated heterocycles. The summed E-state index contributed by atoms with van der Waals surface area (Å²) < 4.78 is 2.55. The van der Waals surface area contributed by atoms with Crippen molar-refractivity contribution in [1.29, 1.82) is 0 Å². The normalized spacial score (nSPS) is 21.7. The summed E-state index contributed by atoms with van der Waals surface area (Å²) in [6.07, 6.45) is 21.6. The summed E-state index contributed by atoms with van der Waals surface area (Å²) in [5.41, 5.74) is 12.7. The molecule has 0 radical (unpaired) electrons. The van der Waals surface area contributed by atoms with E-state index in [1.165, 1.54) is 47.5 Å². The first kappa shape index (κ1) is 39.2. The first-order valence-corrected chi connectivity index (χ1v) is 23.3. The molecule has 5 aromatic carbocycles. The second-order valence-electron chi connectivity index (χ2n) is 18.0. The molecule has 5 heteroatoms. The van der Waals surface area contributed by atoms with Crippen molar-refractivity contribution in [3.05, 3.63) is 195 Å². The summed E-state index contributed by atoms with van der Waals surface area (Å²) in [5, 5.41) is 7.64. The molecular formula is C58H50N4S. The monoisotopic (exact) mass is 834 g/mol. The molecule has 4 unspecified atom stereocenters. The molecule has 1 N–H and O–H groups in total. The smallest absolute Gasteiger partial charge is 0.159 e. The Morgan fingerprint density at radius 2 is 1.43 bits per heavy atom. The third-order valence-corrected chi connectivity index (χ3v) is 14.3. The summed E-state index contributed by atoms with van der Waals surface area (Å²) in [7, 11) is 0. The number of aromatic nitrogens is 1. The van der Waals surface area contributed by atoms with Gasteiger partial charge >= 0.3 is 0 Å². The van der Waals surface area contributed by atoms with E-state index in [-0.39, 0.29) is 0 Å². The lowest BCUT2D eigenvalue weighted by Crippen LogP contribution is -2.46. The molecular weight excluding hydrogens is 785 g/mol. The topological polar surface area (TPSA) is 49.6 Å². The van der Waals surface area contributed by atoms with Crippen molar-refractivity contribution in [2.24, 2.45) is 27.7 Å². The summed E-state index contributed by atoms with van der Waals surface area (Å²) >= 11 is 1.87. The number of nitrogens with one attached hydrogen (secondary N) is 1. The largest absolute Gasteiger partial charge is 0.342 e. The molecule has 4 aliphatic rings. The summed E-state index contributed by atoms with van der Waals surface area (Å²) in [6, 6.07) is 43.8. The van der Waals surface area contributed by atoms with Crippen molar-refractivity contribution in [1.82, 2.24) is 10.3 Å². The Bertz CT molecular complexity index is 3270. The zero-order chi connectivity index (χ0) is 42.7. The number of benzene rings is 5. The van der Waals surface area contributed by atoms with E-state index in [4.69, 9.17) is 15.0 Å². The molecule has 3 heterocycles. The van der Waals surface area contributed by atoms with Crippen LogP contribution in [-0.4, -0.2) is 16.7 Å². The van der Waals surface area contributed by atoms with Gasteiger partial charge in [-0.2, -0.15) is 0 Å². The van der Waals surface area contributed by atoms with E-state index in [9.17, 15) is 0 Å². The van der Waals surface area contributed by atoms with Crippen LogP contribution in [0.4, 0.5) is 0 Å². The van der Waals surface area contributed by atoms with Gasteiger partial charge in [0.15, 0.2) is 11.5 Å². The van der Waals surface area contributed by atoms with Gasteiger partial charge in [0.1, 0.15) is 5.84 Å². The fourth-order valence-corrected chi connectivity index (χ4v) is 11.0. The quantitative estimate of drug-likeness (QED) is 0.174. The Balaban J connectivity index is 1.05. The van der Waals surface area contributed by atoms with Crippen LogP contribution in [0.1, 0.15) is 74.8 Å². The number of pyridine rings is 1. The third-order valence-electron chi connectivity index (χ3n) is 13.1. The standard InChI is InChI=1S/C58H50N4S/c1-36-19-22-39(23-20-36)40-28-30-47(31-29-40)58(4)61-56(43-26-24-41(25-27-43)44-14-8-11-37(2)33-44)60-57(62-58)46-16-9-15-45(35-46)53-55-52(49-32-21-38(3)34-51(49)63-55)50-18-10-17-48(54(50)59-53)42-12-6-5-7-13-42/h5-19,22-32,34-38H,20-21,33H2,1-4H3,(H,60,61,62). The van der Waals surface area contributed by atoms with Gasteiger partial charge in [-0.15, -0.1) is 11.3 Å². The van der Waals surface area contributed by atoms with Gasteiger partial charge in [0.05, 0.1) is 15.9 Å². The van der Waals surface area contributed by atoms with E-state index >= 15 is 0 Å². The summed E-state index contributed by atoms with van der Waals surface area (Å²) in [5.74, 6) is 3.08. The lowest BCUT2D eigenvalue weighted by molar-refractivity contribution is 0.455. The number of amidine groups is 2. The van der Waals surface area contributed by atoms with Gasteiger partial charge in [0.2, 0.25) is 0 Å². The van der Waals surface area contributed by atoms with E-state index < -0.39 is 5.66 Å². The molecule has 3 aliphatic carbocycles. The predicted molar refractivity (Wildman–Crippen MR) is 268 cm³/mol. The molecule has 308 valence electrons. The number of thiophene rings is 1. The van der Waals surface area contributed by atoms with Crippen molar-refractivity contribution in [2.45, 2.75) is 52.6 Å². The molecule has 11 rings (SSSR count). The van der Waals surface area contributed by atoms with Gasteiger partial charge < -0.3 is 5.32 Å². The zero-order valence-corrected chi connectivity index (χ0v) is 37.1. The minimum Gasteiger partial charge on any atom is -0.342 e. The van der Waals surface area contributed by atoms with Crippen LogP contribution in [0.15, 0.2) is 168 Å². The fraction of sp³-hybridized carbons (Fsp3) is 0.190. The van der Waals surface area contributed by atoms with Crippen LogP contribution >= 0.6 is 11.3 Å². The molecule has 0 spiro atoms. The van der Waals surface area contributed by atoms with Gasteiger partial charge in [-0.3, -0.25) is 0 Å². The minimum atomic E-state index is -0.786. The van der Waals surface area contributed by atoms with Gasteiger partial charge in [-0.25, -0.2) is 15.0 Å². The van der Waals surface area contributed by atoms with Crippen molar-refractivity contribution >= 4 is 67.3 Å². The third kappa shape index (κ3) is 7.34. The second kappa shape index (κ2) is 15.9. The highest BCUT2D eigenvalue weighted by Crippen LogP contribution is 2.38. The molecule has 7 aromatic rings. The highest BCUT2D eigenvalue weighted by Gasteiger charge is 2.33. The molecule has 0 fully saturated rings. The molecule has 63 heavy (non-hydrogen) atoms. The number of allylic oxidation sites excluding steroid dienone is 8. The van der Waals surface area contributed by atoms with E-state index in [2.05, 4.69) is 203 Å². The molecule has 4 atom stereocenters. The van der Waals surface area contributed by atoms with E-state index in [0.717, 1.165) is 69.7 Å². The van der Waals surface area contributed by atoms with Crippen molar-refractivity contribution in [2.75, 3.05) is 0 Å². The lowest BCUT2D eigenvalue weighted by Gasteiger charge is -2.33. The molecule has 0 saturated carbocycles. The number of aliphatic imine (C=N–C) groups is 2. The Kier molecular flexibility index (Phi) is 9.88. The van der Waals surface area contributed by atoms with Crippen molar-refractivity contribution in [3.8, 4) is 22.4 Å². The van der Waals surface area contributed by atoms with Crippen molar-refractivity contribution in [3.63, 3.8) is 0 Å². The highest BCUT2D eigenvalue weighted by molar-refractivity contribution is 7.17. The number of hydrogen-bond acceptors (Lipinski definition) is 5. The van der Waals surface area contributed by atoms with Gasteiger partial charge in [-0.05, 0) is 88.6 Å². The predicted octanol–water partition coefficient (Wildman–Crippen LogP) is 13.0. The summed E-state index contributed by atoms with van der Waals surface area (Å²) in [4.78, 5) is 16.4. The minimum absolute atomic E-state index is 0.498. The van der Waals surface area contributed by atoms with Gasteiger partial charge in [0, 0.05) is 37.6 Å². The van der Waals surface area contributed by atoms with Crippen LogP contribution < -0.4 is 15.1 Å². The van der Waals surface area contributed by atoms with Gasteiger partial charge in [-0.1, -0.05) is 185 Å². The molecule has 0 bridgehead atoms. The van der Waals surface area contributed by atoms with Crippen LogP contribution in [0, 0.1) is 17.8 Å². The number of rotatable bonds is 7. The SMILES string of the molecule is CC1C=CC(c2ccc(C3(C)N=C(c4cccc(-c5nc6c(-c7ccccc7)cccc6c6c7c(sc56)=CC(C)CC=7)c4)N=C(c4ccc(C5=CC=CC(C)C5)cc4)N3)cc2)=CC1. The Labute approximate surface area is 373 Å². The average Bonchev–Trinajstić information content (AvgIpc) is 3.70. The van der Waals surface area contributed by atoms with Crippen LogP contribution in [0.5, 0.6) is 0 Å². The number of hydrogen-bond donors (Lipinski definition) is 1. The first-order chi connectivity index (χ1) is 30.8. The highest BCUT2D eigenvalue weighted by atomic mass is 32.1. The zero-order valence-electron chi connectivity index (χ0n) is 36.3. The van der Waals surface area contributed by atoms with Gasteiger partial charge in [0.25, 0.3) is 0 Å². The fourth-order valence-electron chi connectivity index (χ4n) is 9.59. The first-order valence-electron chi connectivity index (χ1n) is 22.4. The Hall–Kier alpha value is -6.69. The Morgan fingerprint density at radius 1 is 0.683 bits per heavy atom. The van der Waals surface area contributed by atoms with E-state index in [1.54, 1.807) is 0 Å². The maximum Gasteiger partial charge on any atom is 0.159 e. The van der Waals surface area contributed by atoms with Crippen LogP contribution in [0.25, 0.3) is 66.7 Å². The molecule has 0 amide bonds. The number of nitrogens with zero attached hydrogens (tertiary/aromatic N) is 3. The van der Waals surface area contributed by atoms with Crippen LogP contribution in [0.3, 0.4) is 0 Å². The molecule has 4 nitrogen and oxygen atoms in total. The second-order valence-corrected chi connectivity index (χ2v) is 19.1. The maximum absolute atomic E-state index is 5.62. The maximum atomic E-state index is 5.62. The Morgan fingerprint density at radius 3 is 2.22 bits per heavy atom. The number of para-hydroxylation sites is 1. The van der Waals surface area contributed by atoms with E-state index in [1.807, 2.05) is 11.3 Å². The molecule has 1 aliphatic heterocycles. The van der Waals surface area contributed by atoms with E-state index in [0.29, 0.717) is 23.6 Å². The lowest BCUT2D eigenvalue weighted by atomic mass is 9.90.